The number of benzene rings is 2. The number of carbonyl (C=O) groups excluding carboxylic acids is 1. The molecule has 0 spiro atoms. The molecule has 0 aliphatic heterocycles. The molecule has 0 saturated carbocycles. The van der Waals surface area contributed by atoms with Crippen LogP contribution in [0.15, 0.2) is 48.5 Å². The number of methoxy groups -OCH3 is 1. The van der Waals surface area contributed by atoms with Crippen LogP contribution in [0, 0.1) is 5.82 Å². The van der Waals surface area contributed by atoms with Gasteiger partial charge in [0.1, 0.15) is 5.78 Å². The van der Waals surface area contributed by atoms with Crippen LogP contribution in [0.5, 0.6) is 5.75 Å². The monoisotopic (exact) mass is 258 g/mol. The third kappa shape index (κ3) is 3.65. The average Bonchev–Trinajstić information content (AvgIpc) is 2.40. The van der Waals surface area contributed by atoms with E-state index in [2.05, 4.69) is 0 Å². The number of ketones is 1. The normalized spacial score (nSPS) is 10.2. The summed E-state index contributed by atoms with van der Waals surface area (Å²) in [5.41, 5.74) is 1.64. The van der Waals surface area contributed by atoms with Crippen molar-refractivity contribution in [3.8, 4) is 5.75 Å². The van der Waals surface area contributed by atoms with Crippen molar-refractivity contribution < 1.29 is 13.9 Å². The number of hydrogen-bond acceptors (Lipinski definition) is 2. The van der Waals surface area contributed by atoms with Crippen molar-refractivity contribution in [2.75, 3.05) is 7.11 Å². The van der Waals surface area contributed by atoms with Crippen LogP contribution in [-0.4, -0.2) is 12.9 Å². The third-order valence-corrected chi connectivity index (χ3v) is 2.86. The van der Waals surface area contributed by atoms with Crippen LogP contribution in [0.2, 0.25) is 0 Å². The van der Waals surface area contributed by atoms with Gasteiger partial charge >= 0.3 is 0 Å². The molecule has 0 unspecified atom stereocenters. The van der Waals surface area contributed by atoms with Crippen LogP contribution in [0.1, 0.15) is 11.1 Å². The van der Waals surface area contributed by atoms with Crippen LogP contribution in [0.25, 0.3) is 0 Å². The molecule has 0 N–H and O–H groups in total. The Morgan fingerprint density at radius 3 is 2.37 bits per heavy atom. The van der Waals surface area contributed by atoms with Crippen LogP contribution >= 0.6 is 0 Å². The predicted molar refractivity (Wildman–Crippen MR) is 71.8 cm³/mol. The Kier molecular flexibility index (Phi) is 4.29. The number of hydrogen-bond donors (Lipinski definition) is 0. The number of halogens is 1. The molecule has 0 aliphatic rings. The van der Waals surface area contributed by atoms with E-state index in [9.17, 15) is 9.18 Å². The number of rotatable bonds is 5. The highest BCUT2D eigenvalue weighted by Crippen LogP contribution is 2.18. The third-order valence-electron chi connectivity index (χ3n) is 2.86. The van der Waals surface area contributed by atoms with Gasteiger partial charge in [-0.1, -0.05) is 36.4 Å². The van der Waals surface area contributed by atoms with Gasteiger partial charge in [-0.3, -0.25) is 4.79 Å². The lowest BCUT2D eigenvalue weighted by Gasteiger charge is -2.05. The van der Waals surface area contributed by atoms with E-state index in [1.807, 2.05) is 30.3 Å². The molecule has 3 heteroatoms. The summed E-state index contributed by atoms with van der Waals surface area (Å²) >= 11 is 0. The summed E-state index contributed by atoms with van der Waals surface area (Å²) in [7, 11) is 1.42. The topological polar surface area (TPSA) is 26.3 Å². The van der Waals surface area contributed by atoms with Crippen LogP contribution in [-0.2, 0) is 17.6 Å². The molecule has 2 rings (SSSR count). The van der Waals surface area contributed by atoms with E-state index in [1.54, 1.807) is 12.1 Å². The molecule has 0 radical (unpaired) electrons. The Hall–Kier alpha value is -2.16. The highest BCUT2D eigenvalue weighted by molar-refractivity contribution is 5.83. The predicted octanol–water partition coefficient (Wildman–Crippen LogP) is 3.19. The van der Waals surface area contributed by atoms with Crippen molar-refractivity contribution in [1.82, 2.24) is 0 Å². The van der Waals surface area contributed by atoms with Gasteiger partial charge in [-0.15, -0.1) is 0 Å². The SMILES string of the molecule is COc1ccc(CC(=O)Cc2ccccc2)cc1F. The quantitative estimate of drug-likeness (QED) is 0.823. The molecule has 0 aromatic heterocycles. The van der Waals surface area contributed by atoms with Gasteiger partial charge in [0, 0.05) is 12.8 Å². The molecule has 0 saturated heterocycles. The van der Waals surface area contributed by atoms with Crippen LogP contribution in [0.4, 0.5) is 4.39 Å². The molecular formula is C16H15FO2. The summed E-state index contributed by atoms with van der Waals surface area (Å²) in [5, 5.41) is 0. The first-order valence-corrected chi connectivity index (χ1v) is 6.07. The maximum atomic E-state index is 13.5. The Morgan fingerprint density at radius 1 is 1.05 bits per heavy atom. The van der Waals surface area contributed by atoms with Crippen molar-refractivity contribution in [1.29, 1.82) is 0 Å². The lowest BCUT2D eigenvalue weighted by atomic mass is 10.0. The smallest absolute Gasteiger partial charge is 0.165 e. The zero-order valence-corrected chi connectivity index (χ0v) is 10.7. The molecule has 2 nitrogen and oxygen atoms in total. The van der Waals surface area contributed by atoms with E-state index >= 15 is 0 Å². The van der Waals surface area contributed by atoms with Gasteiger partial charge in [-0.25, -0.2) is 4.39 Å². The Bertz CT molecular complexity index is 564. The molecule has 2 aromatic rings. The molecule has 0 amide bonds. The summed E-state index contributed by atoms with van der Waals surface area (Å²) in [6, 6.07) is 14.1. The number of carbonyl (C=O) groups is 1. The average molecular weight is 258 g/mol. The van der Waals surface area contributed by atoms with Crippen LogP contribution < -0.4 is 4.74 Å². The summed E-state index contributed by atoms with van der Waals surface area (Å²) in [4.78, 5) is 11.9. The van der Waals surface area contributed by atoms with Crippen molar-refractivity contribution >= 4 is 5.78 Å². The molecular weight excluding hydrogens is 243 g/mol. The fraction of sp³-hybridized carbons (Fsp3) is 0.188. The lowest BCUT2D eigenvalue weighted by molar-refractivity contribution is -0.117. The van der Waals surface area contributed by atoms with E-state index in [-0.39, 0.29) is 18.0 Å². The fourth-order valence-electron chi connectivity index (χ4n) is 1.93. The van der Waals surface area contributed by atoms with Gasteiger partial charge in [0.05, 0.1) is 7.11 Å². The standard InChI is InChI=1S/C16H15FO2/c1-19-16-8-7-13(11-15(16)17)10-14(18)9-12-5-3-2-4-6-12/h2-8,11H,9-10H2,1H3. The van der Waals surface area contributed by atoms with E-state index in [4.69, 9.17) is 4.74 Å². The molecule has 98 valence electrons. The minimum Gasteiger partial charge on any atom is -0.494 e. The van der Waals surface area contributed by atoms with Crippen molar-refractivity contribution in [3.63, 3.8) is 0 Å². The molecule has 19 heavy (non-hydrogen) atoms. The van der Waals surface area contributed by atoms with E-state index in [1.165, 1.54) is 13.2 Å². The Morgan fingerprint density at radius 2 is 1.74 bits per heavy atom. The summed E-state index contributed by atoms with van der Waals surface area (Å²) in [6.07, 6.45) is 0.601. The van der Waals surface area contributed by atoms with Gasteiger partial charge in [-0.2, -0.15) is 0 Å². The second-order valence-corrected chi connectivity index (χ2v) is 4.35. The first kappa shape index (κ1) is 13.3. The first-order chi connectivity index (χ1) is 9.19. The molecule has 2 aromatic carbocycles. The van der Waals surface area contributed by atoms with Gasteiger partial charge in [0.15, 0.2) is 11.6 Å². The Labute approximate surface area is 111 Å². The summed E-state index contributed by atoms with van der Waals surface area (Å²) in [5.74, 6) is -0.178. The van der Waals surface area contributed by atoms with Gasteiger partial charge in [-0.05, 0) is 23.3 Å². The first-order valence-electron chi connectivity index (χ1n) is 6.07. The molecule has 0 fully saturated rings. The summed E-state index contributed by atoms with van der Waals surface area (Å²) < 4.78 is 18.3. The van der Waals surface area contributed by atoms with Gasteiger partial charge in [0.2, 0.25) is 0 Å². The highest BCUT2D eigenvalue weighted by Gasteiger charge is 2.08. The van der Waals surface area contributed by atoms with Crippen LogP contribution in [0.3, 0.4) is 0 Å². The molecule has 0 bridgehead atoms. The highest BCUT2D eigenvalue weighted by atomic mass is 19.1. The fourth-order valence-corrected chi connectivity index (χ4v) is 1.93. The lowest BCUT2D eigenvalue weighted by Crippen LogP contribution is -2.06. The van der Waals surface area contributed by atoms with Gasteiger partial charge in [0.25, 0.3) is 0 Å². The van der Waals surface area contributed by atoms with E-state index < -0.39 is 5.82 Å². The van der Waals surface area contributed by atoms with Crippen molar-refractivity contribution in [2.24, 2.45) is 0 Å². The second-order valence-electron chi connectivity index (χ2n) is 4.35. The second kappa shape index (κ2) is 6.14. The zero-order chi connectivity index (χ0) is 13.7. The zero-order valence-electron chi connectivity index (χ0n) is 10.7. The minimum atomic E-state index is -0.437. The van der Waals surface area contributed by atoms with Gasteiger partial charge < -0.3 is 4.74 Å². The van der Waals surface area contributed by atoms with Crippen molar-refractivity contribution in [3.05, 3.63) is 65.5 Å². The minimum absolute atomic E-state index is 0.0655. The van der Waals surface area contributed by atoms with E-state index in [0.29, 0.717) is 12.0 Å². The number of Topliss-reactive ketones (excluding diaryl/α,β-unsaturated/α-hetero) is 1. The molecule has 0 atom stereocenters. The molecule has 0 aliphatic carbocycles. The van der Waals surface area contributed by atoms with Crippen molar-refractivity contribution in [2.45, 2.75) is 12.8 Å². The largest absolute Gasteiger partial charge is 0.494 e. The summed E-state index contributed by atoms with van der Waals surface area (Å²) in [6.45, 7) is 0. The maximum Gasteiger partial charge on any atom is 0.165 e. The number of ether oxygens (including phenoxy) is 1. The van der Waals surface area contributed by atoms with E-state index in [0.717, 1.165) is 5.56 Å². The maximum absolute atomic E-state index is 13.5. The Balaban J connectivity index is 2.01. The molecule has 0 heterocycles.